The van der Waals surface area contributed by atoms with Gasteiger partial charge in [-0.05, 0) is 24.1 Å². The summed E-state index contributed by atoms with van der Waals surface area (Å²) in [6, 6.07) is 5.22. The number of aromatic nitrogens is 1. The van der Waals surface area contributed by atoms with E-state index in [1.807, 2.05) is 6.07 Å². The van der Waals surface area contributed by atoms with Crippen molar-refractivity contribution in [3.63, 3.8) is 0 Å². The summed E-state index contributed by atoms with van der Waals surface area (Å²) in [5, 5.41) is 12.0. The van der Waals surface area contributed by atoms with Crippen molar-refractivity contribution in [3.8, 4) is 0 Å². The van der Waals surface area contributed by atoms with Crippen LogP contribution in [0.4, 0.5) is 0 Å². The lowest BCUT2D eigenvalue weighted by molar-refractivity contribution is -0.141. The van der Waals surface area contributed by atoms with Gasteiger partial charge in [-0.2, -0.15) is 0 Å². The molecule has 1 aromatic heterocycles. The van der Waals surface area contributed by atoms with Gasteiger partial charge in [-0.3, -0.25) is 9.78 Å². The normalized spacial score (nSPS) is 12.5. The van der Waals surface area contributed by atoms with Gasteiger partial charge in [0.05, 0.1) is 25.7 Å². The molecule has 114 valence electrons. The number of ether oxygens (including phenoxy) is 1. The van der Waals surface area contributed by atoms with E-state index in [2.05, 4.69) is 15.0 Å². The number of aromatic amines is 1. The quantitative estimate of drug-likeness (QED) is 0.629. The van der Waals surface area contributed by atoms with E-state index in [1.165, 1.54) is 7.11 Å². The molecule has 0 aliphatic heterocycles. The minimum absolute atomic E-state index is 0.0105. The second-order valence-electron chi connectivity index (χ2n) is 4.70. The molecule has 1 unspecified atom stereocenters. The average molecular weight is 294 g/mol. The number of hydrogen-bond donors (Lipinski definition) is 3. The third-order valence-corrected chi connectivity index (χ3v) is 3.15. The molecule has 7 heteroatoms. The number of rotatable bonds is 7. The molecule has 0 amide bonds. The number of carbonyl (C=O) groups is 1. The summed E-state index contributed by atoms with van der Waals surface area (Å²) in [5.41, 5.74) is 2.04. The molecule has 0 saturated carbocycles. The van der Waals surface area contributed by atoms with E-state index in [0.717, 1.165) is 5.56 Å². The Bertz CT molecular complexity index is 661. The monoisotopic (exact) mass is 294 g/mol. The predicted octanol–water partition coefficient (Wildman–Crippen LogP) is 0.177. The van der Waals surface area contributed by atoms with Crippen molar-refractivity contribution in [2.75, 3.05) is 20.3 Å². The second-order valence-corrected chi connectivity index (χ2v) is 4.70. The highest BCUT2D eigenvalue weighted by Gasteiger charge is 2.15. The summed E-state index contributed by atoms with van der Waals surface area (Å²) in [6.45, 7) is 0.381. The fourth-order valence-corrected chi connectivity index (χ4v) is 2.17. The zero-order valence-corrected chi connectivity index (χ0v) is 11.7. The third kappa shape index (κ3) is 4.17. The second kappa shape index (κ2) is 7.05. The molecule has 0 saturated heterocycles. The fourth-order valence-electron chi connectivity index (χ4n) is 2.17. The van der Waals surface area contributed by atoms with Crippen LogP contribution in [0.15, 0.2) is 27.4 Å². The van der Waals surface area contributed by atoms with E-state index in [0.29, 0.717) is 24.1 Å². The minimum Gasteiger partial charge on any atom is -0.469 e. The van der Waals surface area contributed by atoms with Gasteiger partial charge < -0.3 is 19.6 Å². The van der Waals surface area contributed by atoms with Crippen molar-refractivity contribution in [2.45, 2.75) is 18.9 Å². The number of esters is 1. The first-order chi connectivity index (χ1) is 10.1. The molecule has 2 rings (SSSR count). The van der Waals surface area contributed by atoms with Crippen LogP contribution in [-0.4, -0.2) is 42.4 Å². The lowest BCUT2D eigenvalue weighted by Gasteiger charge is -2.17. The van der Waals surface area contributed by atoms with Crippen molar-refractivity contribution in [1.29, 1.82) is 0 Å². The zero-order chi connectivity index (χ0) is 15.2. The molecule has 2 aromatic rings. The van der Waals surface area contributed by atoms with Gasteiger partial charge in [0.15, 0.2) is 5.58 Å². The summed E-state index contributed by atoms with van der Waals surface area (Å²) in [4.78, 5) is 25.1. The number of aliphatic hydroxyl groups excluding tert-OH is 1. The number of fused-ring (bicyclic) bond motifs is 1. The van der Waals surface area contributed by atoms with E-state index in [4.69, 9.17) is 9.52 Å². The van der Waals surface area contributed by atoms with E-state index >= 15 is 0 Å². The van der Waals surface area contributed by atoms with Crippen LogP contribution in [0.25, 0.3) is 11.1 Å². The van der Waals surface area contributed by atoms with E-state index in [1.54, 1.807) is 12.1 Å². The molecule has 7 nitrogen and oxygen atoms in total. The van der Waals surface area contributed by atoms with Crippen molar-refractivity contribution in [3.05, 3.63) is 34.3 Å². The Labute approximate surface area is 120 Å². The van der Waals surface area contributed by atoms with Crippen LogP contribution >= 0.6 is 0 Å². The lowest BCUT2D eigenvalue weighted by Crippen LogP contribution is -2.35. The Hall–Kier alpha value is -2.12. The molecule has 0 bridgehead atoms. The number of nitrogens with one attached hydrogen (secondary N) is 2. The summed E-state index contributed by atoms with van der Waals surface area (Å²) in [6.07, 6.45) is 0.756. The summed E-state index contributed by atoms with van der Waals surface area (Å²) in [5.74, 6) is -0.814. The van der Waals surface area contributed by atoms with Gasteiger partial charge >= 0.3 is 11.7 Å². The molecular weight excluding hydrogens is 276 g/mol. The third-order valence-electron chi connectivity index (χ3n) is 3.15. The van der Waals surface area contributed by atoms with Crippen LogP contribution in [0.1, 0.15) is 12.0 Å². The summed E-state index contributed by atoms with van der Waals surface area (Å²) < 4.78 is 9.68. The number of benzene rings is 1. The molecule has 21 heavy (non-hydrogen) atoms. The van der Waals surface area contributed by atoms with Crippen LogP contribution < -0.4 is 11.1 Å². The molecule has 0 aliphatic carbocycles. The number of methoxy groups -OCH3 is 1. The van der Waals surface area contributed by atoms with Gasteiger partial charge in [0.1, 0.15) is 0 Å². The first kappa shape index (κ1) is 15.3. The predicted molar refractivity (Wildman–Crippen MR) is 76.0 cm³/mol. The van der Waals surface area contributed by atoms with E-state index in [-0.39, 0.29) is 25.0 Å². The van der Waals surface area contributed by atoms with Gasteiger partial charge in [-0.25, -0.2) is 4.79 Å². The number of carbonyl (C=O) groups excluding carboxylic acids is 1. The molecule has 1 atom stereocenters. The first-order valence-corrected chi connectivity index (χ1v) is 6.65. The number of H-pyrrole nitrogens is 1. The van der Waals surface area contributed by atoms with Crippen LogP contribution in [0, 0.1) is 0 Å². The van der Waals surface area contributed by atoms with Gasteiger partial charge in [-0.15, -0.1) is 0 Å². The Morgan fingerprint density at radius 3 is 3.05 bits per heavy atom. The highest BCUT2D eigenvalue weighted by Crippen LogP contribution is 2.14. The van der Waals surface area contributed by atoms with Crippen LogP contribution in [0.3, 0.4) is 0 Å². The largest absolute Gasteiger partial charge is 0.469 e. The maximum Gasteiger partial charge on any atom is 0.417 e. The van der Waals surface area contributed by atoms with Crippen molar-refractivity contribution < 1.29 is 19.1 Å². The standard InChI is InChI=1S/C14H18N2O5/c1-20-13(18)8-10(15-4-5-17)6-9-2-3-11-12(7-9)21-14(19)16-11/h2-3,7,10,15,17H,4-6,8H2,1H3,(H,16,19). The van der Waals surface area contributed by atoms with E-state index < -0.39 is 5.76 Å². The lowest BCUT2D eigenvalue weighted by atomic mass is 10.0. The van der Waals surface area contributed by atoms with Crippen LogP contribution in [-0.2, 0) is 16.0 Å². The number of aliphatic hydroxyl groups is 1. The Balaban J connectivity index is 2.12. The molecule has 0 spiro atoms. The van der Waals surface area contributed by atoms with Crippen LogP contribution in [0.2, 0.25) is 0 Å². The Kier molecular flexibility index (Phi) is 5.13. The van der Waals surface area contributed by atoms with E-state index in [9.17, 15) is 9.59 Å². The highest BCUT2D eigenvalue weighted by atomic mass is 16.5. The topological polar surface area (TPSA) is 105 Å². The van der Waals surface area contributed by atoms with Gasteiger partial charge in [0, 0.05) is 12.6 Å². The van der Waals surface area contributed by atoms with Crippen molar-refractivity contribution in [1.82, 2.24) is 10.3 Å². The first-order valence-electron chi connectivity index (χ1n) is 6.65. The zero-order valence-electron chi connectivity index (χ0n) is 11.7. The van der Waals surface area contributed by atoms with Crippen LogP contribution in [0.5, 0.6) is 0 Å². The number of hydrogen-bond acceptors (Lipinski definition) is 6. The molecule has 3 N–H and O–H groups in total. The molecular formula is C14H18N2O5. The summed E-state index contributed by atoms with van der Waals surface area (Å²) >= 11 is 0. The van der Waals surface area contributed by atoms with Crippen molar-refractivity contribution >= 4 is 17.1 Å². The SMILES string of the molecule is COC(=O)CC(Cc1ccc2[nH]c(=O)oc2c1)NCCO. The highest BCUT2D eigenvalue weighted by molar-refractivity contribution is 5.73. The fraction of sp³-hybridized carbons (Fsp3) is 0.429. The molecule has 1 heterocycles. The summed E-state index contributed by atoms with van der Waals surface area (Å²) in [7, 11) is 1.34. The smallest absolute Gasteiger partial charge is 0.417 e. The average Bonchev–Trinajstić information content (AvgIpc) is 2.83. The molecule has 1 aromatic carbocycles. The maximum absolute atomic E-state index is 11.4. The minimum atomic E-state index is -0.494. The van der Waals surface area contributed by atoms with Gasteiger partial charge in [-0.1, -0.05) is 6.07 Å². The molecule has 0 fully saturated rings. The number of oxazole rings is 1. The molecule has 0 aliphatic rings. The van der Waals surface area contributed by atoms with Crippen molar-refractivity contribution in [2.24, 2.45) is 0 Å². The Morgan fingerprint density at radius 1 is 1.52 bits per heavy atom. The van der Waals surface area contributed by atoms with Gasteiger partial charge in [0.25, 0.3) is 0 Å². The van der Waals surface area contributed by atoms with Gasteiger partial charge in [0.2, 0.25) is 0 Å². The maximum atomic E-state index is 11.4. The Morgan fingerprint density at radius 2 is 2.33 bits per heavy atom. The molecule has 0 radical (unpaired) electrons.